The SMILES string of the molecule is COc1cccc(-c2cc(NC(=O)c3cc(F)c(Cl)nc3Cl)n(C)n2)c1. The van der Waals surface area contributed by atoms with Crippen LogP contribution in [-0.2, 0) is 7.05 Å². The second kappa shape index (κ2) is 7.31. The molecule has 0 aliphatic rings. The van der Waals surface area contributed by atoms with Crippen LogP contribution in [0.25, 0.3) is 11.3 Å². The Balaban J connectivity index is 1.88. The van der Waals surface area contributed by atoms with Gasteiger partial charge < -0.3 is 10.1 Å². The van der Waals surface area contributed by atoms with Gasteiger partial charge in [-0.3, -0.25) is 9.48 Å². The molecule has 0 bridgehead atoms. The summed E-state index contributed by atoms with van der Waals surface area (Å²) in [5, 5.41) is 6.40. The Morgan fingerprint density at radius 1 is 1.23 bits per heavy atom. The average Bonchev–Trinajstić information content (AvgIpc) is 2.98. The molecule has 2 aromatic heterocycles. The van der Waals surface area contributed by atoms with Crippen LogP contribution >= 0.6 is 23.2 Å². The van der Waals surface area contributed by atoms with E-state index in [0.717, 1.165) is 11.6 Å². The molecule has 26 heavy (non-hydrogen) atoms. The van der Waals surface area contributed by atoms with E-state index in [1.807, 2.05) is 24.3 Å². The standard InChI is InChI=1S/C17H13Cl2FN4O2/c1-24-14(8-13(23-24)9-4-3-5-10(6-9)26-2)21-17(25)11-7-12(20)16(19)22-15(11)18/h3-8H,1-2H3,(H,21,25). The molecule has 1 aromatic carbocycles. The van der Waals surface area contributed by atoms with Gasteiger partial charge in [0.25, 0.3) is 5.91 Å². The summed E-state index contributed by atoms with van der Waals surface area (Å²) in [5.74, 6) is -0.367. The third-order valence-electron chi connectivity index (χ3n) is 3.62. The van der Waals surface area contributed by atoms with Gasteiger partial charge in [-0.25, -0.2) is 9.37 Å². The number of nitrogens with one attached hydrogen (secondary N) is 1. The van der Waals surface area contributed by atoms with Gasteiger partial charge in [0.05, 0.1) is 18.4 Å². The minimum absolute atomic E-state index is 0.127. The summed E-state index contributed by atoms with van der Waals surface area (Å²) in [6.45, 7) is 0. The molecule has 9 heteroatoms. The number of rotatable bonds is 4. The zero-order chi connectivity index (χ0) is 18.8. The van der Waals surface area contributed by atoms with Gasteiger partial charge in [-0.2, -0.15) is 5.10 Å². The monoisotopic (exact) mass is 394 g/mol. The molecule has 0 saturated heterocycles. The molecule has 0 spiro atoms. The zero-order valence-corrected chi connectivity index (χ0v) is 15.3. The van der Waals surface area contributed by atoms with Crippen LogP contribution < -0.4 is 10.1 Å². The number of carbonyl (C=O) groups excluding carboxylic acids is 1. The van der Waals surface area contributed by atoms with Crippen LogP contribution in [-0.4, -0.2) is 27.8 Å². The first-order chi connectivity index (χ1) is 12.4. The van der Waals surface area contributed by atoms with E-state index < -0.39 is 16.9 Å². The van der Waals surface area contributed by atoms with Crippen LogP contribution in [0.4, 0.5) is 10.2 Å². The predicted molar refractivity (Wildman–Crippen MR) is 97.4 cm³/mol. The number of nitrogens with zero attached hydrogens (tertiary/aromatic N) is 3. The lowest BCUT2D eigenvalue weighted by Crippen LogP contribution is -2.16. The number of amides is 1. The van der Waals surface area contributed by atoms with Crippen molar-refractivity contribution in [2.45, 2.75) is 0 Å². The van der Waals surface area contributed by atoms with E-state index in [0.29, 0.717) is 17.3 Å². The summed E-state index contributed by atoms with van der Waals surface area (Å²) in [5.41, 5.74) is 1.32. The summed E-state index contributed by atoms with van der Waals surface area (Å²) in [6, 6.07) is 9.96. The van der Waals surface area contributed by atoms with Crippen LogP contribution in [0.2, 0.25) is 10.3 Å². The Morgan fingerprint density at radius 2 is 2.00 bits per heavy atom. The number of anilines is 1. The average molecular weight is 395 g/mol. The van der Waals surface area contributed by atoms with Crippen LogP contribution in [0, 0.1) is 5.82 Å². The number of hydrogen-bond acceptors (Lipinski definition) is 4. The first-order valence-corrected chi connectivity index (χ1v) is 8.16. The second-order valence-electron chi connectivity index (χ2n) is 5.32. The van der Waals surface area contributed by atoms with Gasteiger partial charge in [0.15, 0.2) is 11.0 Å². The highest BCUT2D eigenvalue weighted by molar-refractivity contribution is 6.35. The minimum atomic E-state index is -0.830. The molecular weight excluding hydrogens is 382 g/mol. The highest BCUT2D eigenvalue weighted by Gasteiger charge is 2.18. The molecule has 1 N–H and O–H groups in total. The summed E-state index contributed by atoms with van der Waals surface area (Å²) >= 11 is 11.4. The third kappa shape index (κ3) is 3.63. The molecule has 0 unspecified atom stereocenters. The molecule has 0 fully saturated rings. The Labute approximate surface area is 158 Å². The normalized spacial score (nSPS) is 10.7. The van der Waals surface area contributed by atoms with Crippen molar-refractivity contribution in [1.82, 2.24) is 14.8 Å². The molecule has 0 aliphatic heterocycles. The number of aryl methyl sites for hydroxylation is 1. The van der Waals surface area contributed by atoms with Gasteiger partial charge in [-0.1, -0.05) is 35.3 Å². The van der Waals surface area contributed by atoms with E-state index in [9.17, 15) is 9.18 Å². The van der Waals surface area contributed by atoms with Gasteiger partial charge in [0.1, 0.15) is 16.7 Å². The molecule has 0 saturated carbocycles. The van der Waals surface area contributed by atoms with E-state index in [-0.39, 0.29) is 10.7 Å². The maximum Gasteiger partial charge on any atom is 0.260 e. The summed E-state index contributed by atoms with van der Waals surface area (Å²) in [7, 11) is 3.24. The molecule has 0 atom stereocenters. The number of hydrogen-bond donors (Lipinski definition) is 1. The Morgan fingerprint density at radius 3 is 2.73 bits per heavy atom. The summed E-state index contributed by atoms with van der Waals surface area (Å²) < 4.78 is 20.3. The van der Waals surface area contributed by atoms with Crippen molar-refractivity contribution in [3.05, 3.63) is 58.1 Å². The lowest BCUT2D eigenvalue weighted by atomic mass is 10.1. The first kappa shape index (κ1) is 18.2. The van der Waals surface area contributed by atoms with Crippen LogP contribution in [0.5, 0.6) is 5.75 Å². The number of carbonyl (C=O) groups is 1. The van der Waals surface area contributed by atoms with Crippen molar-refractivity contribution in [1.29, 1.82) is 0 Å². The van der Waals surface area contributed by atoms with Gasteiger partial charge in [-0.05, 0) is 18.2 Å². The quantitative estimate of drug-likeness (QED) is 0.673. The van der Waals surface area contributed by atoms with E-state index in [2.05, 4.69) is 15.4 Å². The second-order valence-corrected chi connectivity index (χ2v) is 6.04. The molecule has 0 aliphatic carbocycles. The fourth-order valence-electron chi connectivity index (χ4n) is 2.30. The fraction of sp³-hybridized carbons (Fsp3) is 0.118. The number of ether oxygens (including phenoxy) is 1. The van der Waals surface area contributed by atoms with Crippen molar-refractivity contribution in [3.8, 4) is 17.0 Å². The summed E-state index contributed by atoms with van der Waals surface area (Å²) in [6.07, 6.45) is 0. The van der Waals surface area contributed by atoms with Crippen molar-refractivity contribution < 1.29 is 13.9 Å². The van der Waals surface area contributed by atoms with Gasteiger partial charge in [0, 0.05) is 18.7 Å². The molecule has 3 aromatic rings. The maximum atomic E-state index is 13.6. The fourth-order valence-corrected chi connectivity index (χ4v) is 2.70. The number of pyridine rings is 1. The lowest BCUT2D eigenvalue weighted by molar-refractivity contribution is 0.102. The Hall–Kier alpha value is -2.64. The van der Waals surface area contributed by atoms with Gasteiger partial charge >= 0.3 is 0 Å². The summed E-state index contributed by atoms with van der Waals surface area (Å²) in [4.78, 5) is 16.0. The number of halogens is 3. The Bertz CT molecular complexity index is 991. The van der Waals surface area contributed by atoms with Crippen molar-refractivity contribution in [3.63, 3.8) is 0 Å². The van der Waals surface area contributed by atoms with E-state index >= 15 is 0 Å². The number of benzene rings is 1. The topological polar surface area (TPSA) is 69.0 Å². The van der Waals surface area contributed by atoms with Crippen molar-refractivity contribution >= 4 is 34.9 Å². The third-order valence-corrected chi connectivity index (χ3v) is 4.17. The highest BCUT2D eigenvalue weighted by atomic mass is 35.5. The maximum absolute atomic E-state index is 13.6. The van der Waals surface area contributed by atoms with Crippen LogP contribution in [0.15, 0.2) is 36.4 Å². The van der Waals surface area contributed by atoms with E-state index in [4.69, 9.17) is 27.9 Å². The molecule has 2 heterocycles. The van der Waals surface area contributed by atoms with Gasteiger partial charge in [-0.15, -0.1) is 0 Å². The molecule has 6 nitrogen and oxygen atoms in total. The number of methoxy groups -OCH3 is 1. The smallest absolute Gasteiger partial charge is 0.260 e. The van der Waals surface area contributed by atoms with E-state index in [1.54, 1.807) is 20.2 Å². The van der Waals surface area contributed by atoms with Crippen LogP contribution in [0.1, 0.15) is 10.4 Å². The molecule has 1 amide bonds. The largest absolute Gasteiger partial charge is 0.497 e. The molecule has 134 valence electrons. The molecule has 0 radical (unpaired) electrons. The van der Waals surface area contributed by atoms with E-state index in [1.165, 1.54) is 4.68 Å². The van der Waals surface area contributed by atoms with Crippen molar-refractivity contribution in [2.24, 2.45) is 7.05 Å². The molecular formula is C17H13Cl2FN4O2. The lowest BCUT2D eigenvalue weighted by Gasteiger charge is -2.06. The first-order valence-electron chi connectivity index (χ1n) is 7.40. The Kier molecular flexibility index (Phi) is 5.11. The number of aromatic nitrogens is 3. The zero-order valence-electron chi connectivity index (χ0n) is 13.8. The van der Waals surface area contributed by atoms with Gasteiger partial charge in [0.2, 0.25) is 0 Å². The van der Waals surface area contributed by atoms with Crippen molar-refractivity contribution in [2.75, 3.05) is 12.4 Å². The highest BCUT2D eigenvalue weighted by Crippen LogP contribution is 2.26. The predicted octanol–water partition coefficient (Wildman–Crippen LogP) is 4.19. The van der Waals surface area contributed by atoms with Crippen LogP contribution in [0.3, 0.4) is 0 Å². The molecule has 3 rings (SSSR count). The minimum Gasteiger partial charge on any atom is -0.497 e.